The lowest BCUT2D eigenvalue weighted by Gasteiger charge is -2.11. The van der Waals surface area contributed by atoms with E-state index in [2.05, 4.69) is 24.0 Å². The van der Waals surface area contributed by atoms with Crippen LogP contribution in [-0.2, 0) is 0 Å². The molecule has 0 saturated heterocycles. The topological polar surface area (TPSA) is 38.9 Å². The summed E-state index contributed by atoms with van der Waals surface area (Å²) in [5.41, 5.74) is 8.27. The molecule has 2 nitrogen and oxygen atoms in total. The first-order valence-electron chi connectivity index (χ1n) is 5.49. The molecule has 0 bridgehead atoms. The summed E-state index contributed by atoms with van der Waals surface area (Å²) in [5.74, 6) is 2.06. The molecule has 0 saturated carbocycles. The van der Waals surface area contributed by atoms with Crippen LogP contribution < -0.4 is 5.73 Å². The number of pyridine rings is 1. The zero-order valence-corrected chi connectivity index (χ0v) is 10.2. The number of hydrogen-bond donors (Lipinski definition) is 1. The van der Waals surface area contributed by atoms with Gasteiger partial charge in [-0.15, -0.1) is 0 Å². The molecule has 0 aliphatic heterocycles. The van der Waals surface area contributed by atoms with Gasteiger partial charge in [0.15, 0.2) is 0 Å². The van der Waals surface area contributed by atoms with Crippen LogP contribution in [0, 0.1) is 0 Å². The summed E-state index contributed by atoms with van der Waals surface area (Å²) >= 11 is 1.86. The van der Waals surface area contributed by atoms with Crippen LogP contribution in [0.15, 0.2) is 36.5 Å². The summed E-state index contributed by atoms with van der Waals surface area (Å²) < 4.78 is 0. The number of rotatable bonds is 4. The van der Waals surface area contributed by atoms with Crippen molar-refractivity contribution < 1.29 is 0 Å². The summed E-state index contributed by atoms with van der Waals surface area (Å²) in [6, 6.07) is 10.4. The van der Waals surface area contributed by atoms with Crippen molar-refractivity contribution in [2.24, 2.45) is 5.73 Å². The van der Waals surface area contributed by atoms with Gasteiger partial charge in [-0.1, -0.05) is 25.1 Å². The minimum atomic E-state index is 0.0852. The van der Waals surface area contributed by atoms with E-state index in [4.69, 9.17) is 5.73 Å². The van der Waals surface area contributed by atoms with Crippen molar-refractivity contribution in [3.05, 3.63) is 42.1 Å². The lowest BCUT2D eigenvalue weighted by atomic mass is 10.1. The highest BCUT2D eigenvalue weighted by atomic mass is 32.2. The quantitative estimate of drug-likeness (QED) is 0.880. The number of aromatic nitrogens is 1. The van der Waals surface area contributed by atoms with E-state index in [1.807, 2.05) is 36.2 Å². The molecule has 0 spiro atoms. The smallest absolute Gasteiger partial charge is 0.0702 e. The van der Waals surface area contributed by atoms with E-state index in [0.717, 1.165) is 28.0 Å². The van der Waals surface area contributed by atoms with Gasteiger partial charge in [0.05, 0.1) is 5.52 Å². The van der Waals surface area contributed by atoms with Crippen LogP contribution in [0.25, 0.3) is 10.9 Å². The summed E-state index contributed by atoms with van der Waals surface area (Å²) in [4.78, 5) is 4.42. The molecule has 84 valence electrons. The molecule has 2 aromatic rings. The SMILES string of the molecule is CCSCC(N)c1cnc2ccccc2c1. The lowest BCUT2D eigenvalue weighted by Crippen LogP contribution is -2.13. The Bertz CT molecular complexity index is 470. The van der Waals surface area contributed by atoms with Crippen molar-refractivity contribution >= 4 is 22.7 Å². The van der Waals surface area contributed by atoms with E-state index >= 15 is 0 Å². The number of nitrogens with two attached hydrogens (primary N) is 1. The summed E-state index contributed by atoms with van der Waals surface area (Å²) in [7, 11) is 0. The van der Waals surface area contributed by atoms with Gasteiger partial charge in [-0.25, -0.2) is 0 Å². The first kappa shape index (κ1) is 11.4. The predicted molar refractivity (Wildman–Crippen MR) is 71.7 cm³/mol. The second-order valence-corrected chi connectivity index (χ2v) is 5.05. The first-order chi connectivity index (χ1) is 7.81. The average molecular weight is 232 g/mol. The van der Waals surface area contributed by atoms with E-state index < -0.39 is 0 Å². The molecular formula is C13H16N2S. The van der Waals surface area contributed by atoms with Gasteiger partial charge in [-0.05, 0) is 23.4 Å². The van der Waals surface area contributed by atoms with Crippen LogP contribution in [0.4, 0.5) is 0 Å². The maximum absolute atomic E-state index is 6.11. The zero-order valence-electron chi connectivity index (χ0n) is 9.39. The second-order valence-electron chi connectivity index (χ2n) is 3.73. The average Bonchev–Trinajstić information content (AvgIpc) is 2.35. The molecule has 2 rings (SSSR count). The highest BCUT2D eigenvalue weighted by Crippen LogP contribution is 2.19. The molecule has 1 heterocycles. The Morgan fingerprint density at radius 3 is 3.00 bits per heavy atom. The summed E-state index contributed by atoms with van der Waals surface area (Å²) in [6.07, 6.45) is 1.89. The Kier molecular flexibility index (Phi) is 3.80. The molecule has 1 aromatic carbocycles. The Morgan fingerprint density at radius 2 is 2.19 bits per heavy atom. The third-order valence-electron chi connectivity index (χ3n) is 2.54. The molecule has 0 fully saturated rings. The Morgan fingerprint density at radius 1 is 1.38 bits per heavy atom. The van der Waals surface area contributed by atoms with E-state index in [9.17, 15) is 0 Å². The molecule has 16 heavy (non-hydrogen) atoms. The molecule has 3 heteroatoms. The fourth-order valence-corrected chi connectivity index (χ4v) is 2.31. The monoisotopic (exact) mass is 232 g/mol. The fourth-order valence-electron chi connectivity index (χ4n) is 1.63. The van der Waals surface area contributed by atoms with Crippen molar-refractivity contribution in [2.75, 3.05) is 11.5 Å². The number of hydrogen-bond acceptors (Lipinski definition) is 3. The highest BCUT2D eigenvalue weighted by Gasteiger charge is 2.06. The molecule has 1 aromatic heterocycles. The number of fused-ring (bicyclic) bond motifs is 1. The third-order valence-corrected chi connectivity index (χ3v) is 3.54. The maximum atomic E-state index is 6.11. The minimum absolute atomic E-state index is 0.0852. The van der Waals surface area contributed by atoms with Crippen LogP contribution in [0.5, 0.6) is 0 Å². The van der Waals surface area contributed by atoms with Crippen LogP contribution in [0.1, 0.15) is 18.5 Å². The first-order valence-corrected chi connectivity index (χ1v) is 6.64. The van der Waals surface area contributed by atoms with Gasteiger partial charge in [-0.3, -0.25) is 4.98 Å². The van der Waals surface area contributed by atoms with Gasteiger partial charge in [0.1, 0.15) is 0 Å². The molecule has 0 aliphatic carbocycles. The van der Waals surface area contributed by atoms with Crippen molar-refractivity contribution in [1.29, 1.82) is 0 Å². The van der Waals surface area contributed by atoms with Crippen molar-refractivity contribution in [3.8, 4) is 0 Å². The van der Waals surface area contributed by atoms with E-state index in [1.165, 1.54) is 0 Å². The normalized spacial score (nSPS) is 12.9. The van der Waals surface area contributed by atoms with Gasteiger partial charge in [0.25, 0.3) is 0 Å². The van der Waals surface area contributed by atoms with Crippen LogP contribution in [-0.4, -0.2) is 16.5 Å². The van der Waals surface area contributed by atoms with Gasteiger partial charge < -0.3 is 5.73 Å². The van der Waals surface area contributed by atoms with Gasteiger partial charge in [0, 0.05) is 23.4 Å². The van der Waals surface area contributed by atoms with Crippen molar-refractivity contribution in [2.45, 2.75) is 13.0 Å². The lowest BCUT2D eigenvalue weighted by molar-refractivity contribution is 0.827. The van der Waals surface area contributed by atoms with E-state index in [0.29, 0.717) is 0 Å². The van der Waals surface area contributed by atoms with Crippen LogP contribution in [0.2, 0.25) is 0 Å². The van der Waals surface area contributed by atoms with Gasteiger partial charge >= 0.3 is 0 Å². The molecule has 0 aliphatic rings. The minimum Gasteiger partial charge on any atom is -0.323 e. The summed E-state index contributed by atoms with van der Waals surface area (Å²) in [5, 5.41) is 1.16. The molecule has 0 amide bonds. The highest BCUT2D eigenvalue weighted by molar-refractivity contribution is 7.99. The van der Waals surface area contributed by atoms with Crippen LogP contribution in [0.3, 0.4) is 0 Å². The largest absolute Gasteiger partial charge is 0.323 e. The van der Waals surface area contributed by atoms with E-state index in [-0.39, 0.29) is 6.04 Å². The maximum Gasteiger partial charge on any atom is 0.0702 e. The molecule has 1 unspecified atom stereocenters. The Balaban J connectivity index is 2.25. The number of para-hydroxylation sites is 1. The zero-order chi connectivity index (χ0) is 11.4. The molecule has 1 atom stereocenters. The van der Waals surface area contributed by atoms with Crippen molar-refractivity contribution in [3.63, 3.8) is 0 Å². The number of nitrogens with zero attached hydrogens (tertiary/aromatic N) is 1. The Hall–Kier alpha value is -1.06. The van der Waals surface area contributed by atoms with Crippen LogP contribution >= 0.6 is 11.8 Å². The number of benzene rings is 1. The number of thioether (sulfide) groups is 1. The van der Waals surface area contributed by atoms with Gasteiger partial charge in [-0.2, -0.15) is 11.8 Å². The fraction of sp³-hybridized carbons (Fsp3) is 0.308. The third kappa shape index (κ3) is 2.54. The summed E-state index contributed by atoms with van der Waals surface area (Å²) in [6.45, 7) is 2.15. The van der Waals surface area contributed by atoms with E-state index in [1.54, 1.807) is 0 Å². The molecular weight excluding hydrogens is 216 g/mol. The molecule has 0 radical (unpaired) electrons. The standard InChI is InChI=1S/C13H16N2S/c1-2-16-9-12(14)11-7-10-5-3-4-6-13(10)15-8-11/h3-8,12H,2,9,14H2,1H3. The van der Waals surface area contributed by atoms with Gasteiger partial charge in [0.2, 0.25) is 0 Å². The second kappa shape index (κ2) is 5.32. The Labute approximate surface area is 100 Å². The molecule has 2 N–H and O–H groups in total. The van der Waals surface area contributed by atoms with Crippen molar-refractivity contribution in [1.82, 2.24) is 4.98 Å². The predicted octanol–water partition coefficient (Wildman–Crippen LogP) is 2.99.